The van der Waals surface area contributed by atoms with E-state index >= 15 is 4.39 Å². The Morgan fingerprint density at radius 1 is 0.922 bits per heavy atom. The van der Waals surface area contributed by atoms with Gasteiger partial charge in [0, 0.05) is 100.0 Å². The first-order valence-electron chi connectivity index (χ1n) is 27.2. The van der Waals surface area contributed by atoms with Gasteiger partial charge in [-0.25, -0.2) is 32.5 Å². The standard InChI is InChI=1S/C58H70FN9O8S/c1-57(70)18-15-37(16-19-57)33-61-54-49(65(2)71)29-42(34-62-54)77(72,73)64-55(69)45-12-11-40(28-51(45)76-52-30-46-47(59)13-14-48(46)63-56(52)75-4)67-23-20-58(21-24-67)31-41(32-58)68-26-25-66(35-38-17-22-60-53(27-38)74-3)36-50(68)44-8-6-5-7-43(44)39-9-10-39/h5-8,11-13,17,22,27-30,34,37,39,41,50,65,70H,9-10,14-16,18-21,23-26,31-33,35-36H2,1-4H3,(H,61,62)(H,64,69). The Hall–Kier alpha value is -6.22. The van der Waals surface area contributed by atoms with Crippen LogP contribution in [-0.4, -0.2) is 116 Å². The third-order valence-electron chi connectivity index (χ3n) is 17.2. The van der Waals surface area contributed by atoms with Gasteiger partial charge in [-0.05, 0) is 135 Å². The van der Waals surface area contributed by atoms with Crippen molar-refractivity contribution in [2.75, 3.05) is 70.8 Å². The van der Waals surface area contributed by atoms with Crippen LogP contribution in [0.5, 0.6) is 23.3 Å². The molecule has 2 aromatic carbocycles. The molecule has 5 heterocycles. The van der Waals surface area contributed by atoms with Crippen molar-refractivity contribution in [1.29, 1.82) is 0 Å². The van der Waals surface area contributed by atoms with Gasteiger partial charge in [0.25, 0.3) is 21.8 Å². The van der Waals surface area contributed by atoms with Crippen molar-refractivity contribution in [3.8, 4) is 23.3 Å². The minimum Gasteiger partial charge on any atom is -0.629 e. The molecule has 11 rings (SSSR count). The molecule has 0 radical (unpaired) electrons. The maximum atomic E-state index is 15.0. The van der Waals surface area contributed by atoms with Crippen LogP contribution in [0, 0.1) is 16.5 Å². The average molecular weight is 1070 g/mol. The molecule has 6 aliphatic rings. The van der Waals surface area contributed by atoms with E-state index < -0.39 is 32.4 Å². The highest BCUT2D eigenvalue weighted by atomic mass is 32.2. The molecule has 17 nitrogen and oxygen atoms in total. The number of nitrogens with zero attached hydrogens (tertiary/aromatic N) is 6. The van der Waals surface area contributed by atoms with Crippen LogP contribution in [0.4, 0.5) is 21.6 Å². The lowest BCUT2D eigenvalue weighted by Crippen LogP contribution is -2.98. The number of aliphatic hydroxyl groups is 1. The molecule has 2 aliphatic heterocycles. The Bertz CT molecular complexity index is 3150. The van der Waals surface area contributed by atoms with Crippen LogP contribution in [0.3, 0.4) is 0 Å². The van der Waals surface area contributed by atoms with E-state index in [1.807, 2.05) is 19.2 Å². The number of sulfonamides is 1. The van der Waals surface area contributed by atoms with Crippen molar-refractivity contribution >= 4 is 38.9 Å². The summed E-state index contributed by atoms with van der Waals surface area (Å²) >= 11 is 0. The molecule has 2 unspecified atom stereocenters. The number of hydroxylamine groups is 1. The number of carbonyl (C=O) groups excluding carboxylic acids is 1. The fraction of sp³-hybridized carbons (Fsp3) is 0.483. The zero-order valence-corrected chi connectivity index (χ0v) is 45.2. The molecule has 3 aromatic heterocycles. The number of carbonyl (C=O) groups is 1. The highest BCUT2D eigenvalue weighted by molar-refractivity contribution is 7.90. The summed E-state index contributed by atoms with van der Waals surface area (Å²) in [5.74, 6) is 0.473. The second kappa shape index (κ2) is 21.5. The van der Waals surface area contributed by atoms with Gasteiger partial charge < -0.3 is 39.8 Å². The minimum absolute atomic E-state index is 0.0210. The van der Waals surface area contributed by atoms with E-state index in [9.17, 15) is 23.5 Å². The zero-order valence-electron chi connectivity index (χ0n) is 44.4. The van der Waals surface area contributed by atoms with E-state index in [0.717, 1.165) is 89.7 Å². The first-order valence-corrected chi connectivity index (χ1v) is 28.7. The van der Waals surface area contributed by atoms with Gasteiger partial charge in [0.15, 0.2) is 17.3 Å². The monoisotopic (exact) mass is 1070 g/mol. The number of quaternary nitrogens is 1. The number of piperidine rings is 1. The number of ether oxygens (including phenoxy) is 3. The molecular weight excluding hydrogens is 1000 g/mol. The number of allylic oxidation sites excluding steroid dienone is 1. The maximum Gasteiger partial charge on any atom is 0.268 e. The summed E-state index contributed by atoms with van der Waals surface area (Å²) in [7, 11) is -0.176. The summed E-state index contributed by atoms with van der Waals surface area (Å²) in [6, 6.07) is 21.7. The highest BCUT2D eigenvalue weighted by Crippen LogP contribution is 2.54. The average Bonchev–Trinajstić information content (AvgIpc) is 4.22. The summed E-state index contributed by atoms with van der Waals surface area (Å²) in [6.45, 7) is 7.62. The smallest absolute Gasteiger partial charge is 0.268 e. The van der Waals surface area contributed by atoms with Crippen LogP contribution in [0.1, 0.15) is 121 Å². The molecule has 77 heavy (non-hydrogen) atoms. The van der Waals surface area contributed by atoms with Gasteiger partial charge in [-0.15, -0.1) is 0 Å². The molecule has 408 valence electrons. The highest BCUT2D eigenvalue weighted by Gasteiger charge is 2.50. The lowest BCUT2D eigenvalue weighted by atomic mass is 9.59. The summed E-state index contributed by atoms with van der Waals surface area (Å²) in [5.41, 5.74) is 5.14. The fourth-order valence-corrected chi connectivity index (χ4v) is 13.4. The van der Waals surface area contributed by atoms with Gasteiger partial charge in [-0.1, -0.05) is 24.3 Å². The molecule has 2 saturated heterocycles. The molecule has 19 heteroatoms. The molecule has 4 N–H and O–H groups in total. The second-order valence-electron chi connectivity index (χ2n) is 22.6. The SMILES string of the molecule is COc1cc(CN2CCN(C3CC4(CCN(c5ccc(C(=O)NS(=O)(=O)c6cnc(NCC7CCC(C)(O)CC7)c([NH+](C)[O-])c6)c(Oc6cc7c(nc6OC)CC=C7F)c5)CC4)C3)C(c3ccccc3C3CC3)C2)ccn1. The fourth-order valence-electron chi connectivity index (χ4n) is 12.5. The Labute approximate surface area is 450 Å². The number of aromatic nitrogens is 3. The number of piperazine rings is 1. The first-order chi connectivity index (χ1) is 37.1. The van der Waals surface area contributed by atoms with E-state index in [2.05, 4.69) is 70.0 Å². The number of rotatable bonds is 17. The number of hydrogen-bond acceptors (Lipinski definition) is 15. The van der Waals surface area contributed by atoms with E-state index in [0.29, 0.717) is 42.9 Å². The number of methoxy groups -OCH3 is 2. The Balaban J connectivity index is 0.800. The van der Waals surface area contributed by atoms with Gasteiger partial charge in [0.1, 0.15) is 16.5 Å². The predicted octanol–water partition coefficient (Wildman–Crippen LogP) is 7.85. The lowest BCUT2D eigenvalue weighted by Gasteiger charge is -2.58. The molecule has 1 amide bonds. The van der Waals surface area contributed by atoms with Gasteiger partial charge in [0.2, 0.25) is 5.88 Å². The van der Waals surface area contributed by atoms with Crippen molar-refractivity contribution in [2.45, 2.75) is 113 Å². The van der Waals surface area contributed by atoms with E-state index in [4.69, 9.17) is 14.2 Å². The summed E-state index contributed by atoms with van der Waals surface area (Å²) in [6.07, 6.45) is 14.3. The number of halogens is 1. The van der Waals surface area contributed by atoms with Gasteiger partial charge in [0.05, 0.1) is 44.3 Å². The van der Waals surface area contributed by atoms with E-state index in [1.165, 1.54) is 68.0 Å². The first kappa shape index (κ1) is 52.8. The van der Waals surface area contributed by atoms with Gasteiger partial charge >= 0.3 is 0 Å². The third kappa shape index (κ3) is 11.4. The number of anilines is 2. The Morgan fingerprint density at radius 3 is 2.42 bits per heavy atom. The number of amides is 1. The molecule has 5 aromatic rings. The predicted molar refractivity (Wildman–Crippen MR) is 291 cm³/mol. The summed E-state index contributed by atoms with van der Waals surface area (Å²) in [4.78, 5) is 34.8. The van der Waals surface area contributed by atoms with Crippen LogP contribution in [0.25, 0.3) is 5.83 Å². The largest absolute Gasteiger partial charge is 0.629 e. The minimum atomic E-state index is -4.58. The number of nitrogens with one attached hydrogen (secondary N) is 3. The Morgan fingerprint density at radius 2 is 1.69 bits per heavy atom. The van der Waals surface area contributed by atoms with Crippen LogP contribution >= 0.6 is 0 Å². The molecule has 4 aliphatic carbocycles. The zero-order chi connectivity index (χ0) is 53.6. The Kier molecular flexibility index (Phi) is 14.8. The molecule has 2 atom stereocenters. The number of hydrogen-bond donors (Lipinski definition) is 4. The van der Waals surface area contributed by atoms with Crippen LogP contribution in [0.2, 0.25) is 0 Å². The summed E-state index contributed by atoms with van der Waals surface area (Å²) in [5, 5.41) is 26.1. The third-order valence-corrected chi connectivity index (χ3v) is 18.5. The van der Waals surface area contributed by atoms with Crippen LogP contribution in [-0.2, 0) is 23.0 Å². The van der Waals surface area contributed by atoms with Crippen molar-refractivity contribution in [2.24, 2.45) is 11.3 Å². The topological polar surface area (TPSA) is 199 Å². The quantitative estimate of drug-likeness (QED) is 0.0656. The van der Waals surface area contributed by atoms with Crippen molar-refractivity contribution in [3.05, 3.63) is 124 Å². The van der Waals surface area contributed by atoms with E-state index in [-0.39, 0.29) is 68.7 Å². The van der Waals surface area contributed by atoms with E-state index in [1.54, 1.807) is 19.2 Å². The van der Waals surface area contributed by atoms with Crippen molar-refractivity contribution in [1.82, 2.24) is 29.5 Å². The van der Waals surface area contributed by atoms with Crippen molar-refractivity contribution in [3.63, 3.8) is 0 Å². The van der Waals surface area contributed by atoms with Gasteiger partial charge in [-0.3, -0.25) is 14.6 Å². The van der Waals surface area contributed by atoms with Crippen molar-refractivity contribution < 1.29 is 42.0 Å². The number of fused-ring (bicyclic) bond motifs is 1. The number of benzene rings is 2. The number of pyridine rings is 3. The normalized spacial score (nSPS) is 23.2. The van der Waals surface area contributed by atoms with Gasteiger partial charge in [-0.2, -0.15) is 0 Å². The molecular formula is C58H70FN9O8S. The maximum absolute atomic E-state index is 15.0. The molecule has 0 bridgehead atoms. The van der Waals surface area contributed by atoms with Crippen LogP contribution < -0.4 is 34.2 Å². The lowest BCUT2D eigenvalue weighted by molar-refractivity contribution is -0.751. The molecule has 3 saturated carbocycles. The molecule has 5 fully saturated rings. The summed E-state index contributed by atoms with van der Waals surface area (Å²) < 4.78 is 62.7. The molecule has 1 spiro atoms. The van der Waals surface area contributed by atoms with Crippen LogP contribution in [0.15, 0.2) is 90.1 Å². The second-order valence-corrected chi connectivity index (χ2v) is 24.2.